The Morgan fingerprint density at radius 1 is 0.667 bits per heavy atom. The van der Waals surface area contributed by atoms with Gasteiger partial charge in [-0.15, -0.1) is 0 Å². The van der Waals surface area contributed by atoms with E-state index in [-0.39, 0.29) is 11.8 Å². The van der Waals surface area contributed by atoms with Gasteiger partial charge in [-0.1, -0.05) is 48.6 Å². The number of fused-ring (bicyclic) bond motifs is 2. The second kappa shape index (κ2) is 4.66. The standard InChI is InChI=1S/C19H18O2/c20-16-7-3-1-5-14(16)18-12-9-10-13(11-12)19(18)15-6-2-4-8-17(15)21/h1-10,12-13,18-21H,11H2/t12-,13?,18?,19?/m0/s1. The van der Waals surface area contributed by atoms with E-state index in [2.05, 4.69) is 12.2 Å². The first-order valence-electron chi connectivity index (χ1n) is 7.50. The fourth-order valence-corrected chi connectivity index (χ4v) is 4.21. The molecular weight excluding hydrogens is 260 g/mol. The Bertz CT molecular complexity index is 645. The Morgan fingerprint density at radius 3 is 1.52 bits per heavy atom. The van der Waals surface area contributed by atoms with Crippen molar-refractivity contribution in [1.29, 1.82) is 0 Å². The van der Waals surface area contributed by atoms with Crippen LogP contribution in [0, 0.1) is 11.8 Å². The fourth-order valence-electron chi connectivity index (χ4n) is 4.21. The molecule has 1 saturated carbocycles. The molecule has 4 atom stereocenters. The predicted molar refractivity (Wildman–Crippen MR) is 82.4 cm³/mol. The van der Waals surface area contributed by atoms with Crippen LogP contribution in [0.2, 0.25) is 0 Å². The predicted octanol–water partition coefficient (Wildman–Crippen LogP) is 4.17. The molecule has 0 aliphatic heterocycles. The van der Waals surface area contributed by atoms with Gasteiger partial charge >= 0.3 is 0 Å². The molecule has 2 aromatic rings. The summed E-state index contributed by atoms with van der Waals surface area (Å²) in [6.45, 7) is 0. The summed E-state index contributed by atoms with van der Waals surface area (Å²) in [5, 5.41) is 20.5. The molecule has 2 bridgehead atoms. The number of rotatable bonds is 2. The third-order valence-electron chi connectivity index (χ3n) is 5.05. The molecular formula is C19H18O2. The molecule has 1 fully saturated rings. The van der Waals surface area contributed by atoms with Crippen LogP contribution in [0.1, 0.15) is 29.4 Å². The first-order chi connectivity index (χ1) is 10.3. The topological polar surface area (TPSA) is 40.5 Å². The number of para-hydroxylation sites is 2. The van der Waals surface area contributed by atoms with E-state index >= 15 is 0 Å². The molecule has 4 rings (SSSR count). The number of allylic oxidation sites excluding steroid dienone is 2. The summed E-state index contributed by atoms with van der Waals surface area (Å²) >= 11 is 0. The van der Waals surface area contributed by atoms with Gasteiger partial charge in [0.1, 0.15) is 11.5 Å². The Hall–Kier alpha value is -2.22. The normalized spacial score (nSPS) is 29.9. The number of phenols is 2. The molecule has 2 aliphatic rings. The molecule has 3 unspecified atom stereocenters. The van der Waals surface area contributed by atoms with Gasteiger partial charge in [-0.3, -0.25) is 0 Å². The highest BCUT2D eigenvalue weighted by molar-refractivity contribution is 5.46. The van der Waals surface area contributed by atoms with Crippen molar-refractivity contribution in [3.8, 4) is 11.5 Å². The molecule has 0 amide bonds. The molecule has 0 saturated heterocycles. The van der Waals surface area contributed by atoms with E-state index in [1.807, 2.05) is 36.4 Å². The number of aromatic hydroxyl groups is 2. The molecule has 2 aromatic carbocycles. The van der Waals surface area contributed by atoms with Gasteiger partial charge in [0.25, 0.3) is 0 Å². The largest absolute Gasteiger partial charge is 0.508 e. The van der Waals surface area contributed by atoms with E-state index in [4.69, 9.17) is 0 Å². The summed E-state index contributed by atoms with van der Waals surface area (Å²) in [7, 11) is 0. The van der Waals surface area contributed by atoms with Crippen LogP contribution in [-0.4, -0.2) is 10.2 Å². The summed E-state index contributed by atoms with van der Waals surface area (Å²) in [5.74, 6) is 2.12. The van der Waals surface area contributed by atoms with Crippen LogP contribution in [0.3, 0.4) is 0 Å². The SMILES string of the molecule is Oc1ccccc1C1C2C=C[C@@H](C2)C1c1ccccc1O. The lowest BCUT2D eigenvalue weighted by atomic mass is 9.74. The zero-order chi connectivity index (χ0) is 14.4. The zero-order valence-corrected chi connectivity index (χ0v) is 11.7. The minimum Gasteiger partial charge on any atom is -0.508 e. The van der Waals surface area contributed by atoms with E-state index in [1.54, 1.807) is 12.1 Å². The highest BCUT2D eigenvalue weighted by Gasteiger charge is 2.47. The Kier molecular flexibility index (Phi) is 2.78. The average Bonchev–Trinajstić information content (AvgIpc) is 3.09. The first-order valence-corrected chi connectivity index (χ1v) is 7.50. The summed E-state index contributed by atoms with van der Waals surface area (Å²) in [6, 6.07) is 15.2. The van der Waals surface area contributed by atoms with Gasteiger partial charge in [0.05, 0.1) is 0 Å². The maximum absolute atomic E-state index is 10.2. The smallest absolute Gasteiger partial charge is 0.119 e. The highest BCUT2D eigenvalue weighted by atomic mass is 16.3. The van der Waals surface area contributed by atoms with Crippen LogP contribution < -0.4 is 0 Å². The van der Waals surface area contributed by atoms with Gasteiger partial charge in [0.2, 0.25) is 0 Å². The van der Waals surface area contributed by atoms with Crippen molar-refractivity contribution in [2.24, 2.45) is 11.8 Å². The van der Waals surface area contributed by atoms with Crippen molar-refractivity contribution >= 4 is 0 Å². The van der Waals surface area contributed by atoms with Crippen LogP contribution in [-0.2, 0) is 0 Å². The molecule has 0 aromatic heterocycles. The van der Waals surface area contributed by atoms with Crippen molar-refractivity contribution in [2.45, 2.75) is 18.3 Å². The van der Waals surface area contributed by atoms with E-state index in [1.165, 1.54) is 0 Å². The van der Waals surface area contributed by atoms with Crippen molar-refractivity contribution in [3.05, 3.63) is 71.8 Å². The molecule has 2 nitrogen and oxygen atoms in total. The Morgan fingerprint density at radius 2 is 1.10 bits per heavy atom. The third-order valence-corrected chi connectivity index (χ3v) is 5.05. The van der Waals surface area contributed by atoms with E-state index < -0.39 is 0 Å². The van der Waals surface area contributed by atoms with Crippen molar-refractivity contribution < 1.29 is 10.2 Å². The summed E-state index contributed by atoms with van der Waals surface area (Å²) in [6.07, 6.45) is 5.66. The second-order valence-electron chi connectivity index (χ2n) is 6.12. The van der Waals surface area contributed by atoms with Gasteiger partial charge in [0.15, 0.2) is 0 Å². The fraction of sp³-hybridized carbons (Fsp3) is 0.263. The third kappa shape index (κ3) is 1.86. The molecule has 2 heteroatoms. The minimum absolute atomic E-state index is 0.245. The van der Waals surface area contributed by atoms with Crippen molar-refractivity contribution in [2.75, 3.05) is 0 Å². The monoisotopic (exact) mass is 278 g/mol. The van der Waals surface area contributed by atoms with Gasteiger partial charge < -0.3 is 10.2 Å². The molecule has 0 heterocycles. The first kappa shape index (κ1) is 12.5. The second-order valence-corrected chi connectivity index (χ2v) is 6.12. The van der Waals surface area contributed by atoms with E-state index in [0.717, 1.165) is 17.5 Å². The molecule has 0 radical (unpaired) electrons. The van der Waals surface area contributed by atoms with Crippen LogP contribution in [0.5, 0.6) is 11.5 Å². The molecule has 2 aliphatic carbocycles. The van der Waals surface area contributed by atoms with Crippen LogP contribution in [0.15, 0.2) is 60.7 Å². The Balaban J connectivity index is 1.84. The zero-order valence-electron chi connectivity index (χ0n) is 11.7. The maximum atomic E-state index is 10.2. The lowest BCUT2D eigenvalue weighted by Gasteiger charge is -2.29. The van der Waals surface area contributed by atoms with Crippen molar-refractivity contribution in [1.82, 2.24) is 0 Å². The molecule has 2 N–H and O–H groups in total. The lowest BCUT2D eigenvalue weighted by molar-refractivity contribution is 0.421. The van der Waals surface area contributed by atoms with Gasteiger partial charge in [0, 0.05) is 11.8 Å². The Labute approximate surface area is 124 Å². The van der Waals surface area contributed by atoms with Crippen LogP contribution in [0.4, 0.5) is 0 Å². The average molecular weight is 278 g/mol. The van der Waals surface area contributed by atoms with E-state index in [0.29, 0.717) is 23.3 Å². The summed E-state index contributed by atoms with van der Waals surface area (Å²) in [4.78, 5) is 0. The number of benzene rings is 2. The van der Waals surface area contributed by atoms with Gasteiger partial charge in [-0.2, -0.15) is 0 Å². The number of hydrogen-bond donors (Lipinski definition) is 2. The molecule has 21 heavy (non-hydrogen) atoms. The van der Waals surface area contributed by atoms with Crippen molar-refractivity contribution in [3.63, 3.8) is 0 Å². The van der Waals surface area contributed by atoms with Gasteiger partial charge in [-0.05, 0) is 41.5 Å². The summed E-state index contributed by atoms with van der Waals surface area (Å²) in [5.41, 5.74) is 2.00. The van der Waals surface area contributed by atoms with Crippen LogP contribution in [0.25, 0.3) is 0 Å². The maximum Gasteiger partial charge on any atom is 0.119 e. The van der Waals surface area contributed by atoms with E-state index in [9.17, 15) is 10.2 Å². The number of phenolic OH excluding ortho intramolecular Hbond substituents is 2. The lowest BCUT2D eigenvalue weighted by Crippen LogP contribution is -2.16. The quantitative estimate of drug-likeness (QED) is 0.809. The summed E-state index contributed by atoms with van der Waals surface area (Å²) < 4.78 is 0. The minimum atomic E-state index is 0.245. The van der Waals surface area contributed by atoms with Gasteiger partial charge in [-0.25, -0.2) is 0 Å². The van der Waals surface area contributed by atoms with Crippen LogP contribution >= 0.6 is 0 Å². The highest BCUT2D eigenvalue weighted by Crippen LogP contribution is 2.59. The number of hydrogen-bond acceptors (Lipinski definition) is 2. The molecule has 106 valence electrons. The molecule has 0 spiro atoms.